The van der Waals surface area contributed by atoms with Crippen molar-refractivity contribution in [2.45, 2.75) is 12.2 Å². The normalized spacial score (nSPS) is 22.4. The predicted molar refractivity (Wildman–Crippen MR) is 71.7 cm³/mol. The van der Waals surface area contributed by atoms with Gasteiger partial charge in [-0.05, 0) is 13.0 Å². The minimum atomic E-state index is -0.107. The van der Waals surface area contributed by atoms with Gasteiger partial charge in [0.2, 0.25) is 5.91 Å². The van der Waals surface area contributed by atoms with Crippen LogP contribution in [0.25, 0.3) is 0 Å². The molecule has 0 radical (unpaired) electrons. The van der Waals surface area contributed by atoms with Crippen molar-refractivity contribution in [3.63, 3.8) is 0 Å². The summed E-state index contributed by atoms with van der Waals surface area (Å²) in [4.78, 5) is 11.2. The predicted octanol–water partition coefficient (Wildman–Crippen LogP) is 2.28. The standard InChI is InChI=1S/C11H10ClN3OS/c1-7-10(16)14-11(17-7)15-13-6-8-4-2-3-5-9(8)12/h2-7H,1H3,(H,14,15,16)/b13-6-/t7-/m0/s1. The highest BCUT2D eigenvalue weighted by molar-refractivity contribution is 8.15. The average molecular weight is 268 g/mol. The van der Waals surface area contributed by atoms with Crippen LogP contribution in [0.1, 0.15) is 12.5 Å². The molecule has 0 unspecified atom stereocenters. The monoisotopic (exact) mass is 267 g/mol. The van der Waals surface area contributed by atoms with Gasteiger partial charge < -0.3 is 5.32 Å². The quantitative estimate of drug-likeness (QED) is 0.660. The zero-order valence-corrected chi connectivity index (χ0v) is 10.6. The Kier molecular flexibility index (Phi) is 3.81. The molecule has 0 bridgehead atoms. The van der Waals surface area contributed by atoms with E-state index in [1.54, 1.807) is 12.3 Å². The van der Waals surface area contributed by atoms with Crippen molar-refractivity contribution in [2.24, 2.45) is 10.2 Å². The molecule has 0 spiro atoms. The molecule has 1 saturated heterocycles. The number of amidine groups is 1. The average Bonchev–Trinajstić information content (AvgIpc) is 2.61. The summed E-state index contributed by atoms with van der Waals surface area (Å²) in [6, 6.07) is 7.34. The summed E-state index contributed by atoms with van der Waals surface area (Å²) >= 11 is 7.31. The van der Waals surface area contributed by atoms with Gasteiger partial charge >= 0.3 is 0 Å². The van der Waals surface area contributed by atoms with Crippen LogP contribution in [0.3, 0.4) is 0 Å². The van der Waals surface area contributed by atoms with Gasteiger partial charge in [0, 0.05) is 10.6 Å². The topological polar surface area (TPSA) is 53.8 Å². The van der Waals surface area contributed by atoms with Gasteiger partial charge in [0.1, 0.15) is 0 Å². The molecule has 2 rings (SSSR count). The Balaban J connectivity index is 2.06. The van der Waals surface area contributed by atoms with E-state index in [1.807, 2.05) is 25.1 Å². The van der Waals surface area contributed by atoms with E-state index in [9.17, 15) is 4.79 Å². The van der Waals surface area contributed by atoms with Gasteiger partial charge in [-0.1, -0.05) is 41.6 Å². The van der Waals surface area contributed by atoms with Crippen LogP contribution in [0.5, 0.6) is 0 Å². The van der Waals surface area contributed by atoms with Gasteiger partial charge in [-0.2, -0.15) is 5.10 Å². The first kappa shape index (κ1) is 12.1. The Morgan fingerprint density at radius 1 is 1.47 bits per heavy atom. The second kappa shape index (κ2) is 5.33. The van der Waals surface area contributed by atoms with Gasteiger partial charge in [0.05, 0.1) is 11.5 Å². The molecule has 1 aliphatic heterocycles. The van der Waals surface area contributed by atoms with Crippen molar-refractivity contribution in [3.05, 3.63) is 34.9 Å². The highest BCUT2D eigenvalue weighted by atomic mass is 35.5. The van der Waals surface area contributed by atoms with E-state index in [0.29, 0.717) is 10.2 Å². The first-order valence-electron chi connectivity index (χ1n) is 5.00. The van der Waals surface area contributed by atoms with Gasteiger partial charge in [0.25, 0.3) is 0 Å². The van der Waals surface area contributed by atoms with Crippen LogP contribution in [-0.2, 0) is 4.79 Å². The van der Waals surface area contributed by atoms with Crippen LogP contribution in [-0.4, -0.2) is 22.5 Å². The number of carbonyl (C=O) groups excluding carboxylic acids is 1. The second-order valence-electron chi connectivity index (χ2n) is 3.42. The number of rotatable bonds is 2. The van der Waals surface area contributed by atoms with Gasteiger partial charge in [-0.25, -0.2) is 0 Å². The lowest BCUT2D eigenvalue weighted by Crippen LogP contribution is -2.23. The van der Waals surface area contributed by atoms with Crippen LogP contribution in [0.2, 0.25) is 5.02 Å². The SMILES string of the molecule is C[C@@H]1S/C(=N\N=C/c2ccccc2Cl)NC1=O. The van der Waals surface area contributed by atoms with Crippen LogP contribution in [0.15, 0.2) is 34.5 Å². The number of nitrogens with zero attached hydrogens (tertiary/aromatic N) is 2. The molecule has 4 nitrogen and oxygen atoms in total. The number of amides is 1. The minimum absolute atomic E-state index is 0.0401. The molecule has 1 N–H and O–H groups in total. The molecule has 1 amide bonds. The first-order valence-corrected chi connectivity index (χ1v) is 6.25. The Labute approximate surface area is 108 Å². The lowest BCUT2D eigenvalue weighted by Gasteiger charge is -1.94. The summed E-state index contributed by atoms with van der Waals surface area (Å²) in [6.45, 7) is 1.82. The smallest absolute Gasteiger partial charge is 0.239 e. The van der Waals surface area contributed by atoms with Crippen molar-refractivity contribution >= 4 is 40.7 Å². The molecule has 17 heavy (non-hydrogen) atoms. The van der Waals surface area contributed by atoms with Crippen molar-refractivity contribution < 1.29 is 4.79 Å². The highest BCUT2D eigenvalue weighted by Gasteiger charge is 2.25. The molecule has 1 aromatic rings. The zero-order valence-electron chi connectivity index (χ0n) is 9.05. The summed E-state index contributed by atoms with van der Waals surface area (Å²) in [6.07, 6.45) is 1.56. The number of nitrogens with one attached hydrogen (secondary N) is 1. The molecule has 6 heteroatoms. The highest BCUT2D eigenvalue weighted by Crippen LogP contribution is 2.18. The number of hydrogen-bond acceptors (Lipinski definition) is 4. The zero-order chi connectivity index (χ0) is 12.3. The maximum absolute atomic E-state index is 11.2. The number of benzene rings is 1. The number of carbonyl (C=O) groups is 1. The van der Waals surface area contributed by atoms with Crippen LogP contribution in [0.4, 0.5) is 0 Å². The van der Waals surface area contributed by atoms with Crippen molar-refractivity contribution in [1.82, 2.24) is 5.32 Å². The molecule has 0 aliphatic carbocycles. The van der Waals surface area contributed by atoms with Crippen molar-refractivity contribution in [1.29, 1.82) is 0 Å². The van der Waals surface area contributed by atoms with Crippen LogP contribution in [0, 0.1) is 0 Å². The summed E-state index contributed by atoms with van der Waals surface area (Å²) in [5, 5.41) is 11.5. The Bertz CT molecular complexity index is 501. The summed E-state index contributed by atoms with van der Waals surface area (Å²) in [5.41, 5.74) is 0.792. The van der Waals surface area contributed by atoms with Gasteiger partial charge in [0.15, 0.2) is 5.17 Å². The molecule has 1 atom stereocenters. The molecule has 1 fully saturated rings. The molecular weight excluding hydrogens is 258 g/mol. The van der Waals surface area contributed by atoms with Crippen LogP contribution >= 0.6 is 23.4 Å². The van der Waals surface area contributed by atoms with Crippen LogP contribution < -0.4 is 5.32 Å². The fourth-order valence-electron chi connectivity index (χ4n) is 1.23. The fraction of sp³-hybridized carbons (Fsp3) is 0.182. The Hall–Kier alpha value is -1.33. The first-order chi connectivity index (χ1) is 8.16. The third-order valence-electron chi connectivity index (χ3n) is 2.14. The summed E-state index contributed by atoms with van der Waals surface area (Å²) < 4.78 is 0. The van der Waals surface area contributed by atoms with E-state index in [1.165, 1.54) is 11.8 Å². The number of thioether (sulfide) groups is 1. The lowest BCUT2D eigenvalue weighted by atomic mass is 10.2. The maximum Gasteiger partial charge on any atom is 0.239 e. The Morgan fingerprint density at radius 3 is 2.88 bits per heavy atom. The number of hydrogen-bond donors (Lipinski definition) is 1. The fourth-order valence-corrected chi connectivity index (χ4v) is 2.17. The molecule has 1 heterocycles. The molecular formula is C11H10ClN3OS. The molecule has 88 valence electrons. The maximum atomic E-state index is 11.2. The van der Waals surface area contributed by atoms with Gasteiger partial charge in [-0.3, -0.25) is 4.79 Å². The third kappa shape index (κ3) is 3.08. The molecule has 0 saturated carbocycles. The summed E-state index contributed by atoms with van der Waals surface area (Å²) in [7, 11) is 0. The van der Waals surface area contributed by atoms with Crippen molar-refractivity contribution in [3.8, 4) is 0 Å². The largest absolute Gasteiger partial charge is 0.303 e. The van der Waals surface area contributed by atoms with Crippen molar-refractivity contribution in [2.75, 3.05) is 0 Å². The molecule has 1 aliphatic rings. The van der Waals surface area contributed by atoms with E-state index in [-0.39, 0.29) is 11.2 Å². The third-order valence-corrected chi connectivity index (χ3v) is 3.46. The summed E-state index contributed by atoms with van der Waals surface area (Å²) in [5.74, 6) is -0.0401. The molecule has 0 aromatic heterocycles. The van der Waals surface area contributed by atoms with E-state index < -0.39 is 0 Å². The minimum Gasteiger partial charge on any atom is -0.303 e. The second-order valence-corrected chi connectivity index (χ2v) is 5.16. The number of halogens is 1. The Morgan fingerprint density at radius 2 is 2.24 bits per heavy atom. The van der Waals surface area contributed by atoms with E-state index >= 15 is 0 Å². The van der Waals surface area contributed by atoms with Gasteiger partial charge in [-0.15, -0.1) is 5.10 Å². The molecule has 1 aromatic carbocycles. The van der Waals surface area contributed by atoms with E-state index in [4.69, 9.17) is 11.6 Å². The van der Waals surface area contributed by atoms with E-state index in [0.717, 1.165) is 5.56 Å². The lowest BCUT2D eigenvalue weighted by molar-refractivity contribution is -0.118. The van der Waals surface area contributed by atoms with E-state index in [2.05, 4.69) is 15.5 Å².